The number of ether oxygens (including phenoxy) is 3. The van der Waals surface area contributed by atoms with Crippen LogP contribution in [-0.2, 0) is 14.9 Å². The van der Waals surface area contributed by atoms with Crippen LogP contribution in [0.3, 0.4) is 0 Å². The number of nitrogens with one attached hydrogen (secondary N) is 1. The number of hydrogen-bond acceptors (Lipinski definition) is 7. The fourth-order valence-electron chi connectivity index (χ4n) is 4.77. The highest BCUT2D eigenvalue weighted by Crippen LogP contribution is 2.58. The number of carbonyl (C=O) groups excluding carboxylic acids is 1. The standard InChI is InChI=1S/C23H25FN4O4.C2HF3O2/c1-13(2)32-19-14(21(29)27-16-6-5-7-17(26-16)30-4)8-28-9-15(25-20(28)18(19)24)23-10-22(3,11-23)31-12-23;3-2(4,5)1(6)7/h5-9,13H,10-12H2,1-4H3,(H,26,27,29);(H,6,7). The number of halogens is 4. The molecule has 2 saturated heterocycles. The summed E-state index contributed by atoms with van der Waals surface area (Å²) in [6.07, 6.45) is -0.374. The summed E-state index contributed by atoms with van der Waals surface area (Å²) >= 11 is 0. The number of fused-ring (bicyclic) bond motifs is 2. The molecule has 0 spiro atoms. The van der Waals surface area contributed by atoms with Crippen molar-refractivity contribution in [3.8, 4) is 11.6 Å². The molecule has 2 N–H and O–H groups in total. The van der Waals surface area contributed by atoms with E-state index in [0.717, 1.165) is 18.5 Å². The maximum Gasteiger partial charge on any atom is 0.490 e. The lowest BCUT2D eigenvalue weighted by atomic mass is 9.62. The first-order valence-electron chi connectivity index (χ1n) is 11.8. The number of imidazole rings is 1. The molecule has 3 aromatic heterocycles. The molecule has 1 aliphatic carbocycles. The molecule has 210 valence electrons. The van der Waals surface area contributed by atoms with Crippen LogP contribution in [0.5, 0.6) is 11.6 Å². The normalized spacial score (nSPS) is 21.7. The van der Waals surface area contributed by atoms with Crippen molar-refractivity contribution in [3.05, 3.63) is 47.7 Å². The van der Waals surface area contributed by atoms with Crippen molar-refractivity contribution in [1.82, 2.24) is 14.4 Å². The largest absolute Gasteiger partial charge is 0.490 e. The minimum atomic E-state index is -5.08. The number of rotatable bonds is 6. The highest BCUT2D eigenvalue weighted by Gasteiger charge is 2.61. The topological polar surface area (TPSA) is 124 Å². The second kappa shape index (κ2) is 9.98. The van der Waals surface area contributed by atoms with Crippen LogP contribution in [0.25, 0.3) is 5.65 Å². The Morgan fingerprint density at radius 2 is 1.87 bits per heavy atom. The van der Waals surface area contributed by atoms with Crippen LogP contribution in [0.4, 0.5) is 23.4 Å². The van der Waals surface area contributed by atoms with Gasteiger partial charge in [-0.15, -0.1) is 0 Å². The van der Waals surface area contributed by atoms with Crippen molar-refractivity contribution >= 4 is 23.3 Å². The van der Waals surface area contributed by atoms with E-state index in [0.29, 0.717) is 12.5 Å². The summed E-state index contributed by atoms with van der Waals surface area (Å²) in [5.41, 5.74) is 0.639. The van der Waals surface area contributed by atoms with E-state index in [1.54, 1.807) is 48.8 Å². The molecule has 6 rings (SSSR count). The van der Waals surface area contributed by atoms with E-state index in [1.165, 1.54) is 7.11 Å². The molecule has 14 heteroatoms. The molecule has 0 radical (unpaired) electrons. The van der Waals surface area contributed by atoms with Crippen molar-refractivity contribution in [2.45, 2.75) is 56.9 Å². The lowest BCUT2D eigenvalue weighted by molar-refractivity contribution is -0.192. The molecule has 1 amide bonds. The SMILES string of the molecule is COc1cccc(NC(=O)c2cn3cc(C45COC(C)(C4)C5)nc3c(F)c2OC(C)C)n1.O=C(O)C(F)(F)F. The van der Waals surface area contributed by atoms with Crippen molar-refractivity contribution < 1.29 is 46.5 Å². The molecule has 3 fully saturated rings. The number of alkyl halides is 3. The third kappa shape index (κ3) is 5.60. The van der Waals surface area contributed by atoms with E-state index >= 15 is 4.39 Å². The first-order chi connectivity index (χ1) is 18.2. The van der Waals surface area contributed by atoms with Gasteiger partial charge in [0.15, 0.2) is 11.4 Å². The van der Waals surface area contributed by atoms with Crippen LogP contribution >= 0.6 is 0 Å². The minimum Gasteiger partial charge on any atom is -0.487 e. The summed E-state index contributed by atoms with van der Waals surface area (Å²) in [6, 6.07) is 4.99. The molecule has 2 bridgehead atoms. The molecule has 2 aliphatic heterocycles. The van der Waals surface area contributed by atoms with E-state index in [1.807, 2.05) is 0 Å². The Hall–Kier alpha value is -3.94. The maximum absolute atomic E-state index is 15.6. The van der Waals surface area contributed by atoms with E-state index in [2.05, 4.69) is 22.2 Å². The molecule has 39 heavy (non-hydrogen) atoms. The first kappa shape index (κ1) is 28.1. The third-order valence-corrected chi connectivity index (χ3v) is 6.32. The average Bonchev–Trinajstić information content (AvgIpc) is 3.51. The zero-order chi connectivity index (χ0) is 28.8. The van der Waals surface area contributed by atoms with Crippen LogP contribution in [0.15, 0.2) is 30.6 Å². The summed E-state index contributed by atoms with van der Waals surface area (Å²) < 4.78 is 65.5. The number of anilines is 1. The quantitative estimate of drug-likeness (QED) is 0.431. The average molecular weight is 554 g/mol. The van der Waals surface area contributed by atoms with Crippen molar-refractivity contribution in [1.29, 1.82) is 0 Å². The van der Waals surface area contributed by atoms with Crippen molar-refractivity contribution in [2.75, 3.05) is 19.0 Å². The second-order valence-corrected chi connectivity index (χ2v) is 9.90. The number of pyridine rings is 2. The highest BCUT2D eigenvalue weighted by molar-refractivity contribution is 6.06. The Bertz CT molecular complexity index is 1420. The number of nitrogens with zero attached hydrogens (tertiary/aromatic N) is 3. The predicted molar refractivity (Wildman–Crippen MR) is 129 cm³/mol. The maximum atomic E-state index is 15.6. The third-order valence-electron chi connectivity index (χ3n) is 6.32. The van der Waals surface area contributed by atoms with Gasteiger partial charge in [0.1, 0.15) is 11.4 Å². The Morgan fingerprint density at radius 1 is 1.21 bits per heavy atom. The summed E-state index contributed by atoms with van der Waals surface area (Å²) in [4.78, 5) is 30.8. The molecular formula is C25H26F4N4O6. The fourth-order valence-corrected chi connectivity index (χ4v) is 4.77. The van der Waals surface area contributed by atoms with Gasteiger partial charge in [0.05, 0.1) is 31.1 Å². The van der Waals surface area contributed by atoms with Gasteiger partial charge in [0, 0.05) is 23.9 Å². The highest BCUT2D eigenvalue weighted by atomic mass is 19.4. The van der Waals surface area contributed by atoms with Crippen LogP contribution in [0.2, 0.25) is 0 Å². The van der Waals surface area contributed by atoms with Gasteiger partial charge in [-0.3, -0.25) is 4.79 Å². The Labute approximate surface area is 219 Å². The van der Waals surface area contributed by atoms with E-state index < -0.39 is 23.9 Å². The molecule has 10 nitrogen and oxygen atoms in total. The van der Waals surface area contributed by atoms with Gasteiger partial charge < -0.3 is 29.0 Å². The number of aromatic nitrogens is 3. The Balaban J connectivity index is 0.000000448. The zero-order valence-corrected chi connectivity index (χ0v) is 21.4. The van der Waals surface area contributed by atoms with Crippen molar-refractivity contribution in [2.24, 2.45) is 0 Å². The van der Waals surface area contributed by atoms with Crippen LogP contribution in [0, 0.1) is 5.82 Å². The van der Waals surface area contributed by atoms with Crippen molar-refractivity contribution in [3.63, 3.8) is 0 Å². The van der Waals surface area contributed by atoms with Gasteiger partial charge in [-0.05, 0) is 39.7 Å². The summed E-state index contributed by atoms with van der Waals surface area (Å²) in [5.74, 6) is -3.47. The second-order valence-electron chi connectivity index (χ2n) is 9.90. The monoisotopic (exact) mass is 554 g/mol. The number of hydrogen-bond donors (Lipinski definition) is 2. The molecule has 3 aliphatic rings. The number of carboxylic acid groups (broad SMARTS) is 1. The van der Waals surface area contributed by atoms with E-state index in [-0.39, 0.29) is 39.9 Å². The lowest BCUT2D eigenvalue weighted by Crippen LogP contribution is -2.45. The van der Waals surface area contributed by atoms with Gasteiger partial charge in [0.25, 0.3) is 5.91 Å². The molecule has 5 heterocycles. The van der Waals surface area contributed by atoms with Crippen LogP contribution in [0.1, 0.15) is 49.7 Å². The van der Waals surface area contributed by atoms with Gasteiger partial charge in [-0.1, -0.05) is 6.07 Å². The number of amides is 1. The minimum absolute atomic E-state index is 0.0517. The van der Waals surface area contributed by atoms with Crippen LogP contribution < -0.4 is 14.8 Å². The summed E-state index contributed by atoms with van der Waals surface area (Å²) in [6.45, 7) is 6.20. The van der Waals surface area contributed by atoms with E-state index in [9.17, 15) is 18.0 Å². The zero-order valence-electron chi connectivity index (χ0n) is 21.4. The Morgan fingerprint density at radius 3 is 2.41 bits per heavy atom. The smallest absolute Gasteiger partial charge is 0.487 e. The molecular weight excluding hydrogens is 528 g/mol. The van der Waals surface area contributed by atoms with E-state index in [4.69, 9.17) is 24.1 Å². The molecule has 1 saturated carbocycles. The molecule has 0 atom stereocenters. The summed E-state index contributed by atoms with van der Waals surface area (Å²) in [7, 11) is 1.49. The predicted octanol–water partition coefficient (Wildman–Crippen LogP) is 4.37. The Kier molecular flexibility index (Phi) is 7.19. The van der Waals surface area contributed by atoms with Gasteiger partial charge >= 0.3 is 12.1 Å². The number of carboxylic acids is 1. The van der Waals surface area contributed by atoms with Crippen LogP contribution in [-0.4, -0.2) is 62.9 Å². The summed E-state index contributed by atoms with van der Waals surface area (Å²) in [5, 5.41) is 9.82. The van der Waals surface area contributed by atoms with Gasteiger partial charge in [0.2, 0.25) is 11.7 Å². The number of carbonyl (C=O) groups is 2. The fraction of sp³-hybridized carbons (Fsp3) is 0.440. The molecule has 0 aromatic carbocycles. The molecule has 0 unspecified atom stereocenters. The number of aliphatic carboxylic acids is 1. The lowest BCUT2D eigenvalue weighted by Gasteiger charge is -2.41. The van der Waals surface area contributed by atoms with Gasteiger partial charge in [-0.2, -0.15) is 22.5 Å². The van der Waals surface area contributed by atoms with Gasteiger partial charge in [-0.25, -0.2) is 9.78 Å². The first-order valence-corrected chi connectivity index (χ1v) is 11.8. The number of methoxy groups -OCH3 is 1. The molecule has 3 aromatic rings.